The fraction of sp³-hybridized carbons (Fsp3) is 0.261. The highest BCUT2D eigenvalue weighted by molar-refractivity contribution is 7.89. The van der Waals surface area contributed by atoms with Crippen LogP contribution < -0.4 is 16.0 Å². The number of nitrogens with one attached hydrogen (secondary N) is 3. The van der Waals surface area contributed by atoms with Crippen molar-refractivity contribution in [3.63, 3.8) is 0 Å². The Morgan fingerprint density at radius 3 is 2.39 bits per heavy atom. The number of anilines is 2. The van der Waals surface area contributed by atoms with E-state index < -0.39 is 11.4 Å². The van der Waals surface area contributed by atoms with Crippen molar-refractivity contribution in [2.24, 2.45) is 0 Å². The highest BCUT2D eigenvalue weighted by atomic mass is 32.2. The summed E-state index contributed by atoms with van der Waals surface area (Å²) in [6.45, 7) is 5.51. The molecule has 1 atom stereocenters. The Bertz CT molecular complexity index is 1130. The summed E-state index contributed by atoms with van der Waals surface area (Å²) in [5.74, 6) is -0.178. The summed E-state index contributed by atoms with van der Waals surface area (Å²) in [6.07, 6.45) is 1.79. The van der Waals surface area contributed by atoms with Crippen molar-refractivity contribution in [3.8, 4) is 21.0 Å². The second kappa shape index (κ2) is 11.1. The minimum absolute atomic E-state index is 0.178. The molecular weight excluding hydrogens is 474 g/mol. The standard InChI is InChI=1S/C23H27N5O2S3/c1-14(2)25-23(31)27-17-8-6-16(7-9-17)22-24-13-20(32-22)19-11-10-18(26-15(3)29)12-21(19)33(30)28(4)5/h6-14H,1-5H3,(H,26,29)(H2,25,27,31). The highest BCUT2D eigenvalue weighted by Crippen LogP contribution is 2.37. The zero-order valence-corrected chi connectivity index (χ0v) is 21.6. The van der Waals surface area contributed by atoms with Gasteiger partial charge >= 0.3 is 0 Å². The number of nitrogens with zero attached hydrogens (tertiary/aromatic N) is 2. The predicted octanol–water partition coefficient (Wildman–Crippen LogP) is 4.71. The van der Waals surface area contributed by atoms with Crippen LogP contribution in [0.1, 0.15) is 20.8 Å². The molecule has 2 aromatic carbocycles. The first kappa shape index (κ1) is 25.1. The Morgan fingerprint density at radius 1 is 1.12 bits per heavy atom. The van der Waals surface area contributed by atoms with E-state index >= 15 is 0 Å². The molecule has 0 aliphatic carbocycles. The number of carbonyl (C=O) groups excluding carboxylic acids is 1. The number of thiocarbonyl (C=S) groups is 1. The van der Waals surface area contributed by atoms with Gasteiger partial charge in [0.2, 0.25) is 5.91 Å². The third kappa shape index (κ3) is 6.75. The minimum atomic E-state index is -1.39. The summed E-state index contributed by atoms with van der Waals surface area (Å²) in [6, 6.07) is 13.6. The monoisotopic (exact) mass is 501 g/mol. The lowest BCUT2D eigenvalue weighted by Crippen LogP contribution is -2.33. The van der Waals surface area contributed by atoms with Crippen LogP contribution in [0.3, 0.4) is 0 Å². The number of benzene rings is 2. The van der Waals surface area contributed by atoms with E-state index in [-0.39, 0.29) is 11.9 Å². The van der Waals surface area contributed by atoms with Crippen molar-refractivity contribution in [2.45, 2.75) is 31.7 Å². The molecule has 3 aromatic rings. The normalized spacial score (nSPS) is 12.0. The third-order valence-corrected chi connectivity index (χ3v) is 7.08. The van der Waals surface area contributed by atoms with Gasteiger partial charge in [0.15, 0.2) is 10.0 Å². The van der Waals surface area contributed by atoms with Crippen LogP contribution in [0.5, 0.6) is 0 Å². The molecule has 1 unspecified atom stereocenters. The Kier molecular flexibility index (Phi) is 8.44. The quantitative estimate of drug-likeness (QED) is 0.319. The van der Waals surface area contributed by atoms with Crippen LogP contribution in [0.25, 0.3) is 21.0 Å². The van der Waals surface area contributed by atoms with Gasteiger partial charge in [0.1, 0.15) is 5.01 Å². The second-order valence-electron chi connectivity index (χ2n) is 7.81. The molecule has 0 aliphatic heterocycles. The van der Waals surface area contributed by atoms with Gasteiger partial charge in [-0.05, 0) is 62.5 Å². The Balaban J connectivity index is 1.86. The lowest BCUT2D eigenvalue weighted by Gasteiger charge is -2.18. The first-order valence-corrected chi connectivity index (χ1v) is 12.6. The molecule has 0 saturated heterocycles. The van der Waals surface area contributed by atoms with Gasteiger partial charge in [0, 0.05) is 56.3 Å². The molecule has 0 bridgehead atoms. The summed E-state index contributed by atoms with van der Waals surface area (Å²) >= 11 is 5.43. The van der Waals surface area contributed by atoms with Gasteiger partial charge in [-0.2, -0.15) is 0 Å². The molecule has 0 radical (unpaired) electrons. The fourth-order valence-corrected chi connectivity index (χ4v) is 5.37. The fourth-order valence-electron chi connectivity index (χ4n) is 3.01. The summed E-state index contributed by atoms with van der Waals surface area (Å²) < 4.78 is 14.6. The third-order valence-electron chi connectivity index (χ3n) is 4.40. The van der Waals surface area contributed by atoms with Gasteiger partial charge in [-0.1, -0.05) is 0 Å². The van der Waals surface area contributed by atoms with E-state index in [1.165, 1.54) is 18.3 Å². The van der Waals surface area contributed by atoms with Crippen molar-refractivity contribution in [1.82, 2.24) is 14.6 Å². The van der Waals surface area contributed by atoms with Gasteiger partial charge < -0.3 is 20.5 Å². The van der Waals surface area contributed by atoms with Crippen molar-refractivity contribution in [3.05, 3.63) is 48.7 Å². The SMILES string of the molecule is CC(=O)Nc1ccc(-c2cnc(-c3ccc(NC(=S)NC(C)C)cc3)s2)c([S+]([O-])N(C)C)c1. The average molecular weight is 502 g/mol. The number of aromatic nitrogens is 1. The van der Waals surface area contributed by atoms with Crippen LogP contribution in [0, 0.1) is 0 Å². The lowest BCUT2D eigenvalue weighted by atomic mass is 10.2. The molecule has 33 heavy (non-hydrogen) atoms. The minimum Gasteiger partial charge on any atom is -0.593 e. The average Bonchev–Trinajstić information content (AvgIpc) is 3.22. The number of rotatable bonds is 7. The maximum atomic E-state index is 12.9. The molecule has 1 amide bonds. The van der Waals surface area contributed by atoms with E-state index in [2.05, 4.69) is 20.9 Å². The molecule has 174 valence electrons. The first-order chi connectivity index (χ1) is 15.6. The van der Waals surface area contributed by atoms with Crippen molar-refractivity contribution in [2.75, 3.05) is 24.7 Å². The summed E-state index contributed by atoms with van der Waals surface area (Å²) in [5.41, 5.74) is 3.30. The molecule has 10 heteroatoms. The van der Waals surface area contributed by atoms with E-state index in [1.54, 1.807) is 36.7 Å². The topological polar surface area (TPSA) is 92.3 Å². The first-order valence-electron chi connectivity index (χ1n) is 10.3. The maximum Gasteiger partial charge on any atom is 0.221 e. The Morgan fingerprint density at radius 2 is 1.79 bits per heavy atom. The van der Waals surface area contributed by atoms with Crippen LogP contribution in [-0.4, -0.2) is 45.0 Å². The molecule has 3 rings (SSSR count). The van der Waals surface area contributed by atoms with Crippen LogP contribution in [0.2, 0.25) is 0 Å². The van der Waals surface area contributed by atoms with Gasteiger partial charge in [0.25, 0.3) is 0 Å². The second-order valence-corrected chi connectivity index (χ2v) is 10.9. The van der Waals surface area contributed by atoms with E-state index in [9.17, 15) is 9.35 Å². The molecule has 7 nitrogen and oxygen atoms in total. The number of hydrogen-bond donors (Lipinski definition) is 3. The van der Waals surface area contributed by atoms with Gasteiger partial charge in [0.05, 0.1) is 21.8 Å². The van der Waals surface area contributed by atoms with E-state index in [4.69, 9.17) is 12.2 Å². The molecule has 0 fully saturated rings. The smallest absolute Gasteiger partial charge is 0.221 e. The summed E-state index contributed by atoms with van der Waals surface area (Å²) in [7, 11) is 3.50. The summed E-state index contributed by atoms with van der Waals surface area (Å²) in [5, 5.41) is 10.5. The molecule has 1 aromatic heterocycles. The number of thiazole rings is 1. The number of hydrogen-bond acceptors (Lipinski definition) is 6. The van der Waals surface area contributed by atoms with Gasteiger partial charge in [-0.15, -0.1) is 15.6 Å². The zero-order chi connectivity index (χ0) is 24.1. The molecule has 0 aliphatic rings. The number of carbonyl (C=O) groups is 1. The maximum absolute atomic E-state index is 12.9. The van der Waals surface area contributed by atoms with Crippen LogP contribution in [0.15, 0.2) is 53.6 Å². The molecular formula is C23H27N5O2S3. The highest BCUT2D eigenvalue weighted by Gasteiger charge is 2.23. The molecule has 1 heterocycles. The molecule has 0 spiro atoms. The molecule has 3 N–H and O–H groups in total. The Labute approximate surface area is 206 Å². The van der Waals surface area contributed by atoms with Crippen LogP contribution >= 0.6 is 23.6 Å². The van der Waals surface area contributed by atoms with Crippen molar-refractivity contribution < 1.29 is 9.35 Å². The zero-order valence-electron chi connectivity index (χ0n) is 19.1. The van der Waals surface area contributed by atoms with Gasteiger partial charge in [-0.3, -0.25) is 4.79 Å². The Hall–Kier alpha value is -2.50. The van der Waals surface area contributed by atoms with Crippen LogP contribution in [-0.2, 0) is 16.2 Å². The van der Waals surface area contributed by atoms with E-state index in [0.717, 1.165) is 26.7 Å². The largest absolute Gasteiger partial charge is 0.593 e. The predicted molar refractivity (Wildman–Crippen MR) is 142 cm³/mol. The molecule has 0 saturated carbocycles. The summed E-state index contributed by atoms with van der Waals surface area (Å²) in [4.78, 5) is 17.6. The van der Waals surface area contributed by atoms with Crippen molar-refractivity contribution >= 4 is 57.3 Å². The number of amides is 1. The van der Waals surface area contributed by atoms with E-state index in [0.29, 0.717) is 15.7 Å². The van der Waals surface area contributed by atoms with Gasteiger partial charge in [-0.25, -0.2) is 4.98 Å². The van der Waals surface area contributed by atoms with E-state index in [1.807, 2.05) is 44.2 Å². The van der Waals surface area contributed by atoms with Crippen molar-refractivity contribution in [1.29, 1.82) is 0 Å². The lowest BCUT2D eigenvalue weighted by molar-refractivity contribution is -0.114. The van der Waals surface area contributed by atoms with Crippen LogP contribution in [0.4, 0.5) is 11.4 Å².